The van der Waals surface area contributed by atoms with Gasteiger partial charge in [0.1, 0.15) is 5.75 Å². The average molecular weight is 332 g/mol. The summed E-state index contributed by atoms with van der Waals surface area (Å²) in [6, 6.07) is 6.11. The fraction of sp³-hybridized carbons (Fsp3) is 0.650. The first-order valence-electron chi connectivity index (χ1n) is 9.21. The number of hydrogen-bond acceptors (Lipinski definition) is 3. The number of aryl methyl sites for hydroxylation is 2. The van der Waals surface area contributed by atoms with Crippen molar-refractivity contribution in [2.75, 3.05) is 33.3 Å². The Kier molecular flexibility index (Phi) is 7.57. The molecule has 0 saturated carbocycles. The number of hydrogen-bond donors (Lipinski definition) is 1. The first kappa shape index (κ1) is 18.8. The number of nitrogens with one attached hydrogen (secondary N) is 1. The highest BCUT2D eigenvalue weighted by Gasteiger charge is 2.15. The number of likely N-dealkylation sites (tertiary alicyclic amines) is 1. The van der Waals surface area contributed by atoms with Gasteiger partial charge in [-0.1, -0.05) is 19.1 Å². The van der Waals surface area contributed by atoms with Gasteiger partial charge < -0.3 is 15.0 Å². The topological polar surface area (TPSA) is 41.6 Å². The smallest absolute Gasteiger partial charge is 0.220 e. The average Bonchev–Trinajstić information content (AvgIpc) is 2.57. The molecule has 1 N–H and O–H groups in total. The van der Waals surface area contributed by atoms with Crippen LogP contribution in [0.15, 0.2) is 18.2 Å². The van der Waals surface area contributed by atoms with E-state index in [9.17, 15) is 4.79 Å². The number of nitrogens with zero attached hydrogens (tertiary/aromatic N) is 1. The van der Waals surface area contributed by atoms with Gasteiger partial charge in [-0.2, -0.15) is 0 Å². The Morgan fingerprint density at radius 2 is 2.25 bits per heavy atom. The predicted molar refractivity (Wildman–Crippen MR) is 98.5 cm³/mol. The Labute approximate surface area is 146 Å². The number of piperidine rings is 1. The molecule has 4 heteroatoms. The molecule has 0 bridgehead atoms. The number of methoxy groups -OCH3 is 1. The second kappa shape index (κ2) is 9.67. The molecule has 1 aliphatic rings. The van der Waals surface area contributed by atoms with Gasteiger partial charge in [-0.25, -0.2) is 0 Å². The summed E-state index contributed by atoms with van der Waals surface area (Å²) in [7, 11) is 1.68. The van der Waals surface area contributed by atoms with Gasteiger partial charge >= 0.3 is 0 Å². The second-order valence-corrected chi connectivity index (χ2v) is 7.06. The van der Waals surface area contributed by atoms with E-state index in [0.717, 1.165) is 43.2 Å². The summed E-state index contributed by atoms with van der Waals surface area (Å²) in [5.41, 5.74) is 2.30. The zero-order valence-corrected chi connectivity index (χ0v) is 15.4. The van der Waals surface area contributed by atoms with Crippen LogP contribution in [0.5, 0.6) is 5.75 Å². The van der Waals surface area contributed by atoms with Crippen LogP contribution in [0.1, 0.15) is 43.7 Å². The van der Waals surface area contributed by atoms with E-state index in [0.29, 0.717) is 6.42 Å². The molecule has 1 atom stereocenters. The molecule has 0 radical (unpaired) electrons. The first-order valence-corrected chi connectivity index (χ1v) is 9.21. The molecule has 134 valence electrons. The van der Waals surface area contributed by atoms with Gasteiger partial charge in [0.15, 0.2) is 0 Å². The van der Waals surface area contributed by atoms with Crippen LogP contribution in [0, 0.1) is 12.8 Å². The summed E-state index contributed by atoms with van der Waals surface area (Å²) in [6.07, 6.45) is 5.04. The molecular formula is C20H32N2O2. The number of carbonyl (C=O) groups excluding carboxylic acids is 1. The second-order valence-electron chi connectivity index (χ2n) is 7.06. The van der Waals surface area contributed by atoms with E-state index in [1.165, 1.54) is 31.5 Å². The van der Waals surface area contributed by atoms with Crippen LogP contribution in [0.25, 0.3) is 0 Å². The largest absolute Gasteiger partial charge is 0.496 e. The molecule has 24 heavy (non-hydrogen) atoms. The Balaban J connectivity index is 1.60. The monoisotopic (exact) mass is 332 g/mol. The minimum Gasteiger partial charge on any atom is -0.496 e. The maximum atomic E-state index is 12.0. The van der Waals surface area contributed by atoms with Crippen molar-refractivity contribution in [3.63, 3.8) is 0 Å². The molecule has 1 amide bonds. The van der Waals surface area contributed by atoms with Crippen molar-refractivity contribution < 1.29 is 9.53 Å². The predicted octanol–water partition coefficient (Wildman–Crippen LogP) is 3.17. The Bertz CT molecular complexity index is 530. The molecule has 0 aliphatic carbocycles. The van der Waals surface area contributed by atoms with E-state index in [1.807, 2.05) is 19.1 Å². The third kappa shape index (κ3) is 6.16. The Morgan fingerprint density at radius 3 is 2.96 bits per heavy atom. The number of carbonyl (C=O) groups is 1. The molecule has 2 rings (SSSR count). The zero-order valence-electron chi connectivity index (χ0n) is 15.4. The van der Waals surface area contributed by atoms with E-state index in [1.54, 1.807) is 7.11 Å². The first-order chi connectivity index (χ1) is 11.6. The van der Waals surface area contributed by atoms with Crippen molar-refractivity contribution >= 4 is 5.91 Å². The third-order valence-corrected chi connectivity index (χ3v) is 4.81. The van der Waals surface area contributed by atoms with Gasteiger partial charge in [-0.3, -0.25) is 4.79 Å². The summed E-state index contributed by atoms with van der Waals surface area (Å²) >= 11 is 0. The van der Waals surface area contributed by atoms with Gasteiger partial charge in [0, 0.05) is 19.5 Å². The lowest BCUT2D eigenvalue weighted by Gasteiger charge is -2.30. The van der Waals surface area contributed by atoms with Crippen LogP contribution in [0.4, 0.5) is 0 Å². The van der Waals surface area contributed by atoms with E-state index in [4.69, 9.17) is 4.74 Å². The van der Waals surface area contributed by atoms with E-state index in [-0.39, 0.29) is 5.91 Å². The Morgan fingerprint density at radius 1 is 1.42 bits per heavy atom. The molecular weight excluding hydrogens is 300 g/mol. The lowest BCUT2D eigenvalue weighted by atomic mass is 10.0. The highest BCUT2D eigenvalue weighted by molar-refractivity contribution is 5.76. The van der Waals surface area contributed by atoms with E-state index < -0.39 is 0 Å². The highest BCUT2D eigenvalue weighted by Crippen LogP contribution is 2.19. The molecule has 4 nitrogen and oxygen atoms in total. The summed E-state index contributed by atoms with van der Waals surface area (Å²) in [4.78, 5) is 14.5. The number of rotatable bonds is 8. The van der Waals surface area contributed by atoms with Gasteiger partial charge in [-0.15, -0.1) is 0 Å². The molecule has 1 aromatic rings. The fourth-order valence-electron chi connectivity index (χ4n) is 3.46. The highest BCUT2D eigenvalue weighted by atomic mass is 16.5. The van der Waals surface area contributed by atoms with Crippen LogP contribution in [-0.2, 0) is 11.2 Å². The molecule has 0 spiro atoms. The molecule has 0 aromatic heterocycles. The number of ether oxygens (including phenoxy) is 1. The molecule has 1 unspecified atom stereocenters. The summed E-state index contributed by atoms with van der Waals surface area (Å²) in [5, 5.41) is 3.05. The standard InChI is InChI=1S/C20H32N2O2/c1-16-6-4-12-22(15-16)13-5-11-21-20(23)10-8-18-7-9-19(24-3)17(2)14-18/h7,9,14,16H,4-6,8,10-13,15H2,1-3H3,(H,21,23). The maximum absolute atomic E-state index is 12.0. The van der Waals surface area contributed by atoms with E-state index in [2.05, 4.69) is 23.2 Å². The molecule has 1 fully saturated rings. The zero-order chi connectivity index (χ0) is 17.4. The molecule has 1 aliphatic heterocycles. The van der Waals surface area contributed by atoms with Crippen molar-refractivity contribution in [1.82, 2.24) is 10.2 Å². The summed E-state index contributed by atoms with van der Waals surface area (Å²) in [6.45, 7) is 8.67. The van der Waals surface area contributed by atoms with E-state index >= 15 is 0 Å². The molecule has 1 saturated heterocycles. The SMILES string of the molecule is COc1ccc(CCC(=O)NCCCN2CCCC(C)C2)cc1C. The number of benzene rings is 1. The summed E-state index contributed by atoms with van der Waals surface area (Å²) in [5.74, 6) is 1.87. The van der Waals surface area contributed by atoms with Crippen molar-refractivity contribution in [3.05, 3.63) is 29.3 Å². The molecule has 1 heterocycles. The van der Waals surface area contributed by atoms with Crippen molar-refractivity contribution in [2.24, 2.45) is 5.92 Å². The maximum Gasteiger partial charge on any atom is 0.220 e. The minimum absolute atomic E-state index is 0.149. The van der Waals surface area contributed by atoms with Crippen LogP contribution >= 0.6 is 0 Å². The Hall–Kier alpha value is -1.55. The van der Waals surface area contributed by atoms with Gasteiger partial charge in [-0.05, 0) is 68.8 Å². The van der Waals surface area contributed by atoms with Crippen LogP contribution in [0.3, 0.4) is 0 Å². The normalized spacial score (nSPS) is 18.4. The van der Waals surface area contributed by atoms with Crippen molar-refractivity contribution in [2.45, 2.75) is 46.0 Å². The van der Waals surface area contributed by atoms with Crippen molar-refractivity contribution in [3.8, 4) is 5.75 Å². The lowest BCUT2D eigenvalue weighted by Crippen LogP contribution is -2.36. The van der Waals surface area contributed by atoms with Gasteiger partial charge in [0.25, 0.3) is 0 Å². The quantitative estimate of drug-likeness (QED) is 0.744. The van der Waals surface area contributed by atoms with Crippen molar-refractivity contribution in [1.29, 1.82) is 0 Å². The van der Waals surface area contributed by atoms with Gasteiger partial charge in [0.2, 0.25) is 5.91 Å². The van der Waals surface area contributed by atoms with Crippen LogP contribution < -0.4 is 10.1 Å². The molecule has 1 aromatic carbocycles. The van der Waals surface area contributed by atoms with Gasteiger partial charge in [0.05, 0.1) is 7.11 Å². The van der Waals surface area contributed by atoms with Crippen LogP contribution in [0.2, 0.25) is 0 Å². The third-order valence-electron chi connectivity index (χ3n) is 4.81. The van der Waals surface area contributed by atoms with Crippen LogP contribution in [-0.4, -0.2) is 44.1 Å². The summed E-state index contributed by atoms with van der Waals surface area (Å²) < 4.78 is 5.26. The number of amides is 1. The lowest BCUT2D eigenvalue weighted by molar-refractivity contribution is -0.121. The fourth-order valence-corrected chi connectivity index (χ4v) is 3.46. The minimum atomic E-state index is 0.149.